The van der Waals surface area contributed by atoms with E-state index in [-0.39, 0.29) is 6.61 Å². The fourth-order valence-electron chi connectivity index (χ4n) is 1.20. The Morgan fingerprint density at radius 1 is 1.50 bits per heavy atom. The largest absolute Gasteiger partial charge is 0.396 e. The molecule has 1 aliphatic rings. The highest BCUT2D eigenvalue weighted by Gasteiger charge is 2.57. The molecule has 0 aromatic heterocycles. The third kappa shape index (κ3) is 2.25. The van der Waals surface area contributed by atoms with Crippen molar-refractivity contribution in [2.75, 3.05) is 6.61 Å². The van der Waals surface area contributed by atoms with Gasteiger partial charge < -0.3 is 15.1 Å². The van der Waals surface area contributed by atoms with E-state index in [1.54, 1.807) is 0 Å². The lowest BCUT2D eigenvalue weighted by atomic mass is 9.96. The summed E-state index contributed by atoms with van der Waals surface area (Å²) in [4.78, 5) is 4.66. The molecule has 0 saturated carbocycles. The van der Waals surface area contributed by atoms with E-state index in [0.717, 1.165) is 0 Å². The summed E-state index contributed by atoms with van der Waals surface area (Å²) in [5.74, 6) is -2.46. The summed E-state index contributed by atoms with van der Waals surface area (Å²) in [6.07, 6.45) is 2.28. The zero-order valence-corrected chi connectivity index (χ0v) is 9.43. The van der Waals surface area contributed by atoms with E-state index in [2.05, 4.69) is 9.99 Å². The molecule has 1 aliphatic heterocycles. The van der Waals surface area contributed by atoms with E-state index in [4.69, 9.17) is 39.9 Å². The first-order chi connectivity index (χ1) is 6.42. The minimum atomic E-state index is -1.97. The molecular weight excluding hydrogens is 252 g/mol. The lowest BCUT2D eigenvalue weighted by molar-refractivity contribution is -0.205. The first-order valence-electron chi connectivity index (χ1n) is 4.03. The minimum Gasteiger partial charge on any atom is -0.396 e. The molecule has 0 aromatic carbocycles. The SMILES string of the molecule is OCCCC1C=NOC1(O)C(Cl)(Cl)Cl. The number of alkyl halides is 3. The second-order valence-electron chi connectivity index (χ2n) is 3.01. The maximum absolute atomic E-state index is 9.89. The van der Waals surface area contributed by atoms with Gasteiger partial charge in [-0.1, -0.05) is 40.0 Å². The van der Waals surface area contributed by atoms with Gasteiger partial charge in [-0.05, 0) is 12.8 Å². The fraction of sp³-hybridized carbons (Fsp3) is 0.857. The number of aliphatic hydroxyl groups is 2. The Hall–Kier alpha value is 0.260. The summed E-state index contributed by atoms with van der Waals surface area (Å²) < 4.78 is -1.97. The molecule has 4 nitrogen and oxygen atoms in total. The van der Waals surface area contributed by atoms with Crippen LogP contribution in [-0.4, -0.2) is 32.6 Å². The lowest BCUT2D eigenvalue weighted by Crippen LogP contribution is -2.48. The van der Waals surface area contributed by atoms with Gasteiger partial charge in [-0.3, -0.25) is 0 Å². The van der Waals surface area contributed by atoms with Crippen molar-refractivity contribution in [3.8, 4) is 0 Å². The third-order valence-electron chi connectivity index (χ3n) is 2.01. The number of rotatable bonds is 3. The van der Waals surface area contributed by atoms with E-state index in [1.165, 1.54) is 6.21 Å². The zero-order valence-electron chi connectivity index (χ0n) is 7.16. The maximum Gasteiger partial charge on any atom is 0.289 e. The second kappa shape index (κ2) is 4.41. The lowest BCUT2D eigenvalue weighted by Gasteiger charge is -2.32. The van der Waals surface area contributed by atoms with Crippen LogP contribution in [0.5, 0.6) is 0 Å². The van der Waals surface area contributed by atoms with E-state index in [0.29, 0.717) is 12.8 Å². The smallest absolute Gasteiger partial charge is 0.289 e. The molecule has 2 atom stereocenters. The van der Waals surface area contributed by atoms with Gasteiger partial charge >= 0.3 is 0 Å². The average molecular weight is 263 g/mol. The predicted molar refractivity (Wildman–Crippen MR) is 54.6 cm³/mol. The molecule has 2 N–H and O–H groups in total. The standard InChI is InChI=1S/C7H10Cl3NO3/c8-7(9,10)6(13)5(2-1-3-12)4-11-14-6/h4-5,12-13H,1-3H2. The number of nitrogens with zero attached hydrogens (tertiary/aromatic N) is 1. The summed E-state index contributed by atoms with van der Waals surface area (Å²) in [6, 6.07) is 0. The molecule has 0 saturated heterocycles. The monoisotopic (exact) mass is 261 g/mol. The number of oxime groups is 1. The molecule has 82 valence electrons. The molecule has 1 heterocycles. The van der Waals surface area contributed by atoms with Crippen LogP contribution in [0.15, 0.2) is 5.16 Å². The molecule has 7 heteroatoms. The Kier molecular flexibility index (Phi) is 3.88. The molecule has 0 spiro atoms. The topological polar surface area (TPSA) is 62.1 Å². The molecule has 0 radical (unpaired) electrons. The normalized spacial score (nSPS) is 31.9. The highest BCUT2D eigenvalue weighted by molar-refractivity contribution is 6.68. The maximum atomic E-state index is 9.89. The van der Waals surface area contributed by atoms with Crippen molar-refractivity contribution < 1.29 is 15.1 Å². The molecule has 14 heavy (non-hydrogen) atoms. The van der Waals surface area contributed by atoms with Crippen LogP contribution in [0.3, 0.4) is 0 Å². The van der Waals surface area contributed by atoms with E-state index in [9.17, 15) is 5.11 Å². The van der Waals surface area contributed by atoms with Crippen LogP contribution < -0.4 is 0 Å². The minimum absolute atomic E-state index is 0.000275. The van der Waals surface area contributed by atoms with Crippen molar-refractivity contribution in [3.63, 3.8) is 0 Å². The van der Waals surface area contributed by atoms with Crippen LogP contribution in [0, 0.1) is 5.92 Å². The highest BCUT2D eigenvalue weighted by Crippen LogP contribution is 2.46. The Bertz CT molecular complexity index is 231. The Labute approximate surface area is 96.4 Å². The van der Waals surface area contributed by atoms with Gasteiger partial charge in [0, 0.05) is 6.61 Å². The molecular formula is C7H10Cl3NO3. The first-order valence-corrected chi connectivity index (χ1v) is 5.17. The third-order valence-corrected chi connectivity index (χ3v) is 2.83. The van der Waals surface area contributed by atoms with Gasteiger partial charge in [0.1, 0.15) is 0 Å². The summed E-state index contributed by atoms with van der Waals surface area (Å²) in [5, 5.41) is 22.0. The van der Waals surface area contributed by atoms with Crippen molar-refractivity contribution in [2.45, 2.75) is 22.4 Å². The second-order valence-corrected chi connectivity index (χ2v) is 5.29. The molecule has 0 fully saturated rings. The Morgan fingerprint density at radius 2 is 2.14 bits per heavy atom. The van der Waals surface area contributed by atoms with Crippen LogP contribution in [0.1, 0.15) is 12.8 Å². The van der Waals surface area contributed by atoms with E-state index >= 15 is 0 Å². The van der Waals surface area contributed by atoms with Gasteiger partial charge in [0.25, 0.3) is 9.58 Å². The molecule has 0 aromatic rings. The Morgan fingerprint density at radius 3 is 2.64 bits per heavy atom. The van der Waals surface area contributed by atoms with Gasteiger partial charge in [-0.25, -0.2) is 0 Å². The highest BCUT2D eigenvalue weighted by atomic mass is 35.6. The van der Waals surface area contributed by atoms with Crippen molar-refractivity contribution in [1.82, 2.24) is 0 Å². The average Bonchev–Trinajstić information content (AvgIpc) is 2.44. The van der Waals surface area contributed by atoms with Gasteiger partial charge in [0.2, 0.25) is 0 Å². The first kappa shape index (κ1) is 12.3. The summed E-state index contributed by atoms with van der Waals surface area (Å²) in [5.41, 5.74) is 0. The number of hydrogen-bond acceptors (Lipinski definition) is 4. The van der Waals surface area contributed by atoms with Gasteiger partial charge in [0.05, 0.1) is 12.1 Å². The van der Waals surface area contributed by atoms with Crippen LogP contribution in [0.2, 0.25) is 0 Å². The summed E-state index contributed by atoms with van der Waals surface area (Å²) in [6.45, 7) is 0.000275. The van der Waals surface area contributed by atoms with Crippen LogP contribution in [-0.2, 0) is 4.84 Å². The van der Waals surface area contributed by atoms with E-state index < -0.39 is 15.5 Å². The van der Waals surface area contributed by atoms with Gasteiger partial charge in [-0.2, -0.15) is 0 Å². The fourth-order valence-corrected chi connectivity index (χ4v) is 1.72. The van der Waals surface area contributed by atoms with Crippen molar-refractivity contribution in [1.29, 1.82) is 0 Å². The van der Waals surface area contributed by atoms with E-state index in [1.807, 2.05) is 0 Å². The summed E-state index contributed by atoms with van der Waals surface area (Å²) in [7, 11) is 0. The molecule has 1 rings (SSSR count). The van der Waals surface area contributed by atoms with Gasteiger partial charge in [0.15, 0.2) is 0 Å². The van der Waals surface area contributed by atoms with Crippen LogP contribution >= 0.6 is 34.8 Å². The van der Waals surface area contributed by atoms with Crippen molar-refractivity contribution in [2.24, 2.45) is 11.1 Å². The molecule has 0 amide bonds. The predicted octanol–water partition coefficient (Wildman–Crippen LogP) is 1.45. The number of hydrogen-bond donors (Lipinski definition) is 2. The molecule has 0 aliphatic carbocycles. The zero-order chi connectivity index (χ0) is 10.8. The molecule has 2 unspecified atom stereocenters. The van der Waals surface area contributed by atoms with Gasteiger partial charge in [-0.15, -0.1) is 0 Å². The van der Waals surface area contributed by atoms with Crippen molar-refractivity contribution >= 4 is 41.0 Å². The number of halogens is 3. The molecule has 0 bridgehead atoms. The quantitative estimate of drug-likeness (QED) is 0.757. The van der Waals surface area contributed by atoms with Crippen LogP contribution in [0.4, 0.5) is 0 Å². The number of aliphatic hydroxyl groups excluding tert-OH is 1. The summed E-state index contributed by atoms with van der Waals surface area (Å²) >= 11 is 16.7. The Balaban J connectivity index is 2.69. The van der Waals surface area contributed by atoms with Crippen molar-refractivity contribution in [3.05, 3.63) is 0 Å². The van der Waals surface area contributed by atoms with Crippen LogP contribution in [0.25, 0.3) is 0 Å².